The summed E-state index contributed by atoms with van der Waals surface area (Å²) < 4.78 is 5.73. The molecular weight excluding hydrogens is 248 g/mol. The molecule has 3 heteroatoms. The van der Waals surface area contributed by atoms with E-state index < -0.39 is 0 Å². The molecule has 0 aliphatic heterocycles. The molecule has 0 bridgehead atoms. The lowest BCUT2D eigenvalue weighted by Crippen LogP contribution is -2.26. The van der Waals surface area contributed by atoms with E-state index >= 15 is 0 Å². The first-order valence-electron chi connectivity index (χ1n) is 7.22. The number of hydrogen-bond donors (Lipinski definition) is 1. The third kappa shape index (κ3) is 7.18. The van der Waals surface area contributed by atoms with Gasteiger partial charge in [-0.2, -0.15) is 0 Å². The van der Waals surface area contributed by atoms with Crippen LogP contribution in [0.2, 0.25) is 0 Å². The van der Waals surface area contributed by atoms with E-state index in [2.05, 4.69) is 37.6 Å². The van der Waals surface area contributed by atoms with Gasteiger partial charge in [0.15, 0.2) is 0 Å². The van der Waals surface area contributed by atoms with E-state index in [1.165, 1.54) is 6.42 Å². The van der Waals surface area contributed by atoms with Crippen LogP contribution in [0.5, 0.6) is 5.75 Å². The van der Waals surface area contributed by atoms with E-state index in [0.29, 0.717) is 13.2 Å². The summed E-state index contributed by atoms with van der Waals surface area (Å²) in [5, 5.41) is 0. The van der Waals surface area contributed by atoms with Crippen LogP contribution in [0, 0.1) is 17.8 Å². The average Bonchev–Trinajstić information content (AvgIpc) is 2.44. The van der Waals surface area contributed by atoms with Crippen molar-refractivity contribution in [1.82, 2.24) is 4.90 Å². The van der Waals surface area contributed by atoms with E-state index in [9.17, 15) is 0 Å². The van der Waals surface area contributed by atoms with Gasteiger partial charge in [-0.05, 0) is 50.2 Å². The van der Waals surface area contributed by atoms with E-state index in [1.54, 1.807) is 0 Å². The number of nitrogens with two attached hydrogens (primary N) is 1. The fraction of sp³-hybridized carbons (Fsp3) is 0.529. The Bertz CT molecular complexity index is 429. The summed E-state index contributed by atoms with van der Waals surface area (Å²) >= 11 is 0. The molecule has 2 N–H and O–H groups in total. The molecule has 0 fully saturated rings. The molecule has 0 saturated carbocycles. The number of ether oxygens (including phenoxy) is 1. The lowest BCUT2D eigenvalue weighted by molar-refractivity contribution is 0.230. The molecule has 0 atom stereocenters. The van der Waals surface area contributed by atoms with Crippen molar-refractivity contribution in [2.24, 2.45) is 11.7 Å². The molecule has 0 heterocycles. The van der Waals surface area contributed by atoms with E-state index in [-0.39, 0.29) is 0 Å². The van der Waals surface area contributed by atoms with E-state index in [4.69, 9.17) is 10.5 Å². The molecule has 1 rings (SSSR count). The van der Waals surface area contributed by atoms with E-state index in [1.807, 2.05) is 24.3 Å². The van der Waals surface area contributed by atoms with Crippen LogP contribution in [0.3, 0.4) is 0 Å². The maximum Gasteiger partial charge on any atom is 0.119 e. The minimum absolute atomic E-state index is 0.390. The Morgan fingerprint density at radius 2 is 1.90 bits per heavy atom. The zero-order valence-corrected chi connectivity index (χ0v) is 12.9. The Kier molecular flexibility index (Phi) is 7.79. The molecule has 0 aliphatic rings. The van der Waals surface area contributed by atoms with Crippen molar-refractivity contribution in [2.45, 2.75) is 20.3 Å². The van der Waals surface area contributed by atoms with Crippen LogP contribution in [0.15, 0.2) is 24.3 Å². The Balaban J connectivity index is 2.28. The highest BCUT2D eigenvalue weighted by molar-refractivity contribution is 5.38. The van der Waals surface area contributed by atoms with Gasteiger partial charge in [0.05, 0.1) is 6.54 Å². The highest BCUT2D eigenvalue weighted by Crippen LogP contribution is 2.11. The van der Waals surface area contributed by atoms with Crippen molar-refractivity contribution >= 4 is 0 Å². The summed E-state index contributed by atoms with van der Waals surface area (Å²) in [7, 11) is 2.14. The summed E-state index contributed by atoms with van der Waals surface area (Å²) in [5.74, 6) is 7.47. The van der Waals surface area contributed by atoms with Gasteiger partial charge in [-0.15, -0.1) is 0 Å². The molecule has 0 aliphatic carbocycles. The van der Waals surface area contributed by atoms with Gasteiger partial charge in [0.2, 0.25) is 0 Å². The first kappa shape index (κ1) is 16.6. The molecule has 1 aromatic carbocycles. The second-order valence-corrected chi connectivity index (χ2v) is 5.36. The summed E-state index contributed by atoms with van der Waals surface area (Å²) in [6.45, 7) is 7.67. The molecule has 0 spiro atoms. The maximum absolute atomic E-state index is 5.73. The first-order valence-corrected chi connectivity index (χ1v) is 7.22. The molecule has 110 valence electrons. The van der Waals surface area contributed by atoms with Crippen LogP contribution in [0.25, 0.3) is 0 Å². The normalized spacial score (nSPS) is 10.5. The summed E-state index contributed by atoms with van der Waals surface area (Å²) in [6.07, 6.45) is 1.23. The minimum atomic E-state index is 0.390. The van der Waals surface area contributed by atoms with Crippen LogP contribution in [-0.2, 0) is 0 Å². The highest BCUT2D eigenvalue weighted by atomic mass is 16.5. The molecule has 0 radical (unpaired) electrons. The predicted molar refractivity (Wildman–Crippen MR) is 84.8 cm³/mol. The molecule has 0 unspecified atom stereocenters. The fourth-order valence-electron chi connectivity index (χ4n) is 1.70. The van der Waals surface area contributed by atoms with Crippen LogP contribution >= 0.6 is 0 Å². The quantitative estimate of drug-likeness (QED) is 0.776. The lowest BCUT2D eigenvalue weighted by atomic mass is 10.1. The number of hydrogen-bond acceptors (Lipinski definition) is 3. The largest absolute Gasteiger partial charge is 0.492 e. The van der Waals surface area contributed by atoms with Crippen molar-refractivity contribution in [2.75, 3.05) is 33.3 Å². The van der Waals surface area contributed by atoms with Crippen molar-refractivity contribution < 1.29 is 4.74 Å². The summed E-state index contributed by atoms with van der Waals surface area (Å²) in [5.41, 5.74) is 6.31. The average molecular weight is 274 g/mol. The van der Waals surface area contributed by atoms with Crippen LogP contribution < -0.4 is 10.5 Å². The second-order valence-electron chi connectivity index (χ2n) is 5.36. The van der Waals surface area contributed by atoms with Gasteiger partial charge in [-0.1, -0.05) is 25.7 Å². The van der Waals surface area contributed by atoms with Gasteiger partial charge in [0.1, 0.15) is 12.4 Å². The van der Waals surface area contributed by atoms with Crippen LogP contribution in [0.1, 0.15) is 25.8 Å². The number of benzene rings is 1. The number of likely N-dealkylation sites (N-methyl/N-ethyl adjacent to an activating group) is 1. The van der Waals surface area contributed by atoms with Gasteiger partial charge in [-0.25, -0.2) is 0 Å². The zero-order chi connectivity index (χ0) is 14.8. The molecule has 0 saturated heterocycles. The molecule has 3 nitrogen and oxygen atoms in total. The van der Waals surface area contributed by atoms with Crippen LogP contribution in [0.4, 0.5) is 0 Å². The summed E-state index contributed by atoms with van der Waals surface area (Å²) in [6, 6.07) is 7.82. The lowest BCUT2D eigenvalue weighted by Gasteiger charge is -2.18. The van der Waals surface area contributed by atoms with Crippen LogP contribution in [-0.4, -0.2) is 38.2 Å². The molecule has 1 aromatic rings. The molecule has 20 heavy (non-hydrogen) atoms. The fourth-order valence-corrected chi connectivity index (χ4v) is 1.70. The summed E-state index contributed by atoms with van der Waals surface area (Å²) in [4.78, 5) is 2.31. The van der Waals surface area contributed by atoms with Crippen molar-refractivity contribution in [3.8, 4) is 17.6 Å². The van der Waals surface area contributed by atoms with Crippen molar-refractivity contribution in [3.63, 3.8) is 0 Å². The zero-order valence-electron chi connectivity index (χ0n) is 12.9. The minimum Gasteiger partial charge on any atom is -0.492 e. The Labute approximate surface area is 123 Å². The topological polar surface area (TPSA) is 38.5 Å². The molecule has 0 aromatic heterocycles. The smallest absolute Gasteiger partial charge is 0.119 e. The second kappa shape index (κ2) is 9.41. The Morgan fingerprint density at radius 1 is 1.20 bits per heavy atom. The van der Waals surface area contributed by atoms with Gasteiger partial charge < -0.3 is 15.4 Å². The predicted octanol–water partition coefficient (Wildman–Crippen LogP) is 2.35. The van der Waals surface area contributed by atoms with Gasteiger partial charge in [-0.3, -0.25) is 0 Å². The molecular formula is C17H26N2O. The van der Waals surface area contributed by atoms with Gasteiger partial charge in [0.25, 0.3) is 0 Å². The number of rotatable bonds is 7. The monoisotopic (exact) mass is 274 g/mol. The number of nitrogens with zero attached hydrogens (tertiary/aromatic N) is 1. The third-order valence-electron chi connectivity index (χ3n) is 3.02. The SMILES string of the molecule is CC(C)CCN(C)CCOc1ccc(C#CCN)cc1. The Hall–Kier alpha value is -1.50. The third-order valence-corrected chi connectivity index (χ3v) is 3.02. The van der Waals surface area contributed by atoms with E-state index in [0.717, 1.165) is 30.3 Å². The Morgan fingerprint density at radius 3 is 2.50 bits per heavy atom. The standard InChI is InChI=1S/C17H26N2O/c1-15(2)10-12-19(3)13-14-20-17-8-6-16(7-9-17)5-4-11-18/h6-9,15H,10-14,18H2,1-3H3. The van der Waals surface area contributed by atoms with Crippen molar-refractivity contribution in [3.05, 3.63) is 29.8 Å². The van der Waals surface area contributed by atoms with Gasteiger partial charge in [0, 0.05) is 12.1 Å². The van der Waals surface area contributed by atoms with Crippen molar-refractivity contribution in [1.29, 1.82) is 0 Å². The van der Waals surface area contributed by atoms with Gasteiger partial charge >= 0.3 is 0 Å². The molecule has 0 amide bonds. The maximum atomic E-state index is 5.73. The first-order chi connectivity index (χ1) is 9.61. The highest BCUT2D eigenvalue weighted by Gasteiger charge is 2.01.